The number of nitrogens with one attached hydrogen (secondary N) is 1. The highest BCUT2D eigenvalue weighted by atomic mass is 35.5. The summed E-state index contributed by atoms with van der Waals surface area (Å²) in [5.74, 6) is 0.0944. The predicted octanol–water partition coefficient (Wildman–Crippen LogP) is 4.28. The molecule has 4 heteroatoms. The number of H-pyrrole nitrogens is 1. The minimum absolute atomic E-state index is 0.0944. The summed E-state index contributed by atoms with van der Waals surface area (Å²) in [6.07, 6.45) is 1.65. The number of halogens is 1. The second-order valence-electron chi connectivity index (χ2n) is 4.17. The average Bonchev–Trinajstić information content (AvgIpc) is 2.72. The van der Waals surface area contributed by atoms with Gasteiger partial charge in [0.1, 0.15) is 0 Å². The maximum atomic E-state index is 9.91. The first-order valence-corrected chi connectivity index (χ1v) is 6.21. The maximum Gasteiger partial charge on any atom is 0.198 e. The van der Waals surface area contributed by atoms with Gasteiger partial charge >= 0.3 is 0 Å². The molecule has 19 heavy (non-hydrogen) atoms. The van der Waals surface area contributed by atoms with Crippen LogP contribution in [0.5, 0.6) is 5.88 Å². The topological polar surface area (TPSA) is 48.4 Å². The van der Waals surface area contributed by atoms with Crippen LogP contribution in [0.15, 0.2) is 53.5 Å². The smallest absolute Gasteiger partial charge is 0.198 e. The summed E-state index contributed by atoms with van der Waals surface area (Å²) in [4.78, 5) is 7.23. The molecule has 1 heterocycles. The summed E-state index contributed by atoms with van der Waals surface area (Å²) in [5.41, 5.74) is 2.29. The number of aromatic hydroxyl groups is 1. The highest BCUT2D eigenvalue weighted by molar-refractivity contribution is 6.31. The van der Waals surface area contributed by atoms with Gasteiger partial charge in [0, 0.05) is 16.6 Å². The van der Waals surface area contributed by atoms with Crippen LogP contribution >= 0.6 is 11.6 Å². The molecule has 0 saturated heterocycles. The van der Waals surface area contributed by atoms with Gasteiger partial charge in [-0.25, -0.2) is 0 Å². The van der Waals surface area contributed by atoms with Crippen molar-refractivity contribution in [1.29, 1.82) is 0 Å². The van der Waals surface area contributed by atoms with Crippen LogP contribution in [-0.2, 0) is 0 Å². The number of nitrogens with zero attached hydrogens (tertiary/aromatic N) is 1. The molecule has 3 nitrogen and oxygen atoms in total. The number of fused-ring (bicyclic) bond motifs is 1. The van der Waals surface area contributed by atoms with Crippen molar-refractivity contribution < 1.29 is 5.11 Å². The molecule has 0 aliphatic heterocycles. The Labute approximate surface area is 115 Å². The molecule has 0 fully saturated rings. The van der Waals surface area contributed by atoms with E-state index in [1.165, 1.54) is 0 Å². The summed E-state index contributed by atoms with van der Waals surface area (Å²) in [7, 11) is 0. The van der Waals surface area contributed by atoms with Crippen molar-refractivity contribution >= 4 is 34.4 Å². The Morgan fingerprint density at radius 1 is 1.11 bits per heavy atom. The van der Waals surface area contributed by atoms with Crippen LogP contribution in [0.25, 0.3) is 10.9 Å². The molecule has 2 aromatic carbocycles. The molecule has 0 saturated carbocycles. The number of rotatable bonds is 2. The van der Waals surface area contributed by atoms with Gasteiger partial charge in [-0.1, -0.05) is 35.9 Å². The number of aromatic nitrogens is 1. The molecule has 2 N–H and O–H groups in total. The Balaban J connectivity index is 2.06. The lowest BCUT2D eigenvalue weighted by Gasteiger charge is -1.94. The molecule has 0 bridgehead atoms. The molecule has 0 amide bonds. The molecular weight excluding hydrogens is 260 g/mol. The van der Waals surface area contributed by atoms with Crippen molar-refractivity contribution in [3.63, 3.8) is 0 Å². The first-order chi connectivity index (χ1) is 9.24. The zero-order valence-electron chi connectivity index (χ0n) is 9.97. The maximum absolute atomic E-state index is 9.91. The molecule has 0 aliphatic rings. The van der Waals surface area contributed by atoms with E-state index in [1.54, 1.807) is 18.3 Å². The largest absolute Gasteiger partial charge is 0.494 e. The number of aliphatic imine (C=N–C) groups is 1. The van der Waals surface area contributed by atoms with E-state index in [2.05, 4.69) is 9.98 Å². The van der Waals surface area contributed by atoms with E-state index in [0.717, 1.165) is 16.6 Å². The number of benzene rings is 2. The summed E-state index contributed by atoms with van der Waals surface area (Å²) in [6, 6.07) is 15.0. The van der Waals surface area contributed by atoms with Crippen molar-refractivity contribution in [2.75, 3.05) is 0 Å². The lowest BCUT2D eigenvalue weighted by Crippen LogP contribution is -1.78. The molecule has 94 valence electrons. The minimum Gasteiger partial charge on any atom is -0.494 e. The quantitative estimate of drug-likeness (QED) is 0.671. The molecule has 1 aromatic heterocycles. The van der Waals surface area contributed by atoms with Crippen molar-refractivity contribution in [2.24, 2.45) is 4.99 Å². The van der Waals surface area contributed by atoms with Crippen LogP contribution in [-0.4, -0.2) is 16.3 Å². The molecule has 0 radical (unpaired) electrons. The van der Waals surface area contributed by atoms with Crippen LogP contribution in [0.1, 0.15) is 5.56 Å². The lowest BCUT2D eigenvalue weighted by molar-refractivity contribution is 0.457. The Morgan fingerprint density at radius 2 is 1.89 bits per heavy atom. The third-order valence-corrected chi connectivity index (χ3v) is 3.11. The van der Waals surface area contributed by atoms with Gasteiger partial charge in [0.2, 0.25) is 0 Å². The van der Waals surface area contributed by atoms with Crippen molar-refractivity contribution in [3.05, 3.63) is 59.1 Å². The molecule has 0 unspecified atom stereocenters. The van der Waals surface area contributed by atoms with Crippen molar-refractivity contribution in [1.82, 2.24) is 4.98 Å². The van der Waals surface area contributed by atoms with E-state index >= 15 is 0 Å². The highest BCUT2D eigenvalue weighted by Gasteiger charge is 2.08. The summed E-state index contributed by atoms with van der Waals surface area (Å²) in [5, 5.41) is 11.4. The van der Waals surface area contributed by atoms with Gasteiger partial charge in [0.05, 0.1) is 16.8 Å². The van der Waals surface area contributed by atoms with Gasteiger partial charge in [-0.2, -0.15) is 0 Å². The standard InChI is InChI=1S/C15H11ClN2O/c16-10-6-7-12-13(15(19)18-14(12)8-10)9-17-11-4-2-1-3-5-11/h1-9,18-19H. The van der Waals surface area contributed by atoms with E-state index in [-0.39, 0.29) is 5.88 Å². The van der Waals surface area contributed by atoms with Crippen LogP contribution in [0.4, 0.5) is 5.69 Å². The highest BCUT2D eigenvalue weighted by Crippen LogP contribution is 2.28. The van der Waals surface area contributed by atoms with Gasteiger partial charge < -0.3 is 10.1 Å². The fraction of sp³-hybridized carbons (Fsp3) is 0. The number of hydrogen-bond acceptors (Lipinski definition) is 2. The monoisotopic (exact) mass is 270 g/mol. The van der Waals surface area contributed by atoms with E-state index in [4.69, 9.17) is 11.6 Å². The van der Waals surface area contributed by atoms with E-state index in [0.29, 0.717) is 10.6 Å². The second-order valence-corrected chi connectivity index (χ2v) is 4.61. The molecule has 0 aliphatic carbocycles. The SMILES string of the molecule is Oc1[nH]c2cc(Cl)ccc2c1C=Nc1ccccc1. The molecular formula is C15H11ClN2O. The van der Waals surface area contributed by atoms with Gasteiger partial charge in [0.15, 0.2) is 5.88 Å². The first kappa shape index (κ1) is 11.8. The van der Waals surface area contributed by atoms with Crippen LogP contribution in [0.3, 0.4) is 0 Å². The van der Waals surface area contributed by atoms with Crippen LogP contribution < -0.4 is 0 Å². The van der Waals surface area contributed by atoms with Crippen molar-refractivity contribution in [3.8, 4) is 5.88 Å². The van der Waals surface area contributed by atoms with E-state index in [1.807, 2.05) is 36.4 Å². The normalized spacial score (nSPS) is 11.4. The van der Waals surface area contributed by atoms with Gasteiger partial charge in [-0.3, -0.25) is 4.99 Å². The average molecular weight is 271 g/mol. The summed E-state index contributed by atoms with van der Waals surface area (Å²) < 4.78 is 0. The lowest BCUT2D eigenvalue weighted by atomic mass is 10.2. The predicted molar refractivity (Wildman–Crippen MR) is 78.7 cm³/mol. The van der Waals surface area contributed by atoms with Crippen molar-refractivity contribution in [2.45, 2.75) is 0 Å². The third kappa shape index (κ3) is 2.33. The second kappa shape index (κ2) is 4.78. The van der Waals surface area contributed by atoms with E-state index < -0.39 is 0 Å². The fourth-order valence-electron chi connectivity index (χ4n) is 1.96. The molecule has 3 rings (SSSR count). The Hall–Kier alpha value is -2.26. The Kier molecular flexibility index (Phi) is 2.97. The molecule has 3 aromatic rings. The fourth-order valence-corrected chi connectivity index (χ4v) is 2.13. The summed E-state index contributed by atoms with van der Waals surface area (Å²) >= 11 is 5.92. The first-order valence-electron chi connectivity index (χ1n) is 5.83. The third-order valence-electron chi connectivity index (χ3n) is 2.88. The molecule has 0 spiro atoms. The Bertz CT molecular complexity index is 747. The van der Waals surface area contributed by atoms with Gasteiger partial charge in [0.25, 0.3) is 0 Å². The summed E-state index contributed by atoms with van der Waals surface area (Å²) in [6.45, 7) is 0. The number of para-hydroxylation sites is 1. The number of hydrogen-bond donors (Lipinski definition) is 2. The van der Waals surface area contributed by atoms with E-state index in [9.17, 15) is 5.11 Å². The zero-order chi connectivity index (χ0) is 13.2. The Morgan fingerprint density at radius 3 is 2.68 bits per heavy atom. The minimum atomic E-state index is 0.0944. The van der Waals surface area contributed by atoms with Gasteiger partial charge in [-0.05, 0) is 24.3 Å². The zero-order valence-corrected chi connectivity index (χ0v) is 10.7. The van der Waals surface area contributed by atoms with Gasteiger partial charge in [-0.15, -0.1) is 0 Å². The van der Waals surface area contributed by atoms with Crippen LogP contribution in [0, 0.1) is 0 Å². The van der Waals surface area contributed by atoms with Crippen LogP contribution in [0.2, 0.25) is 5.02 Å². The molecule has 0 atom stereocenters. The number of aromatic amines is 1.